The van der Waals surface area contributed by atoms with E-state index in [9.17, 15) is 4.39 Å². The van der Waals surface area contributed by atoms with Gasteiger partial charge >= 0.3 is 0 Å². The molecule has 3 N–H and O–H groups in total. The first-order valence-electron chi connectivity index (χ1n) is 6.09. The number of rotatable bonds is 5. The van der Waals surface area contributed by atoms with E-state index in [0.29, 0.717) is 10.8 Å². The molecule has 5 heteroatoms. The van der Waals surface area contributed by atoms with Crippen LogP contribution in [0, 0.1) is 12.7 Å². The van der Waals surface area contributed by atoms with E-state index in [1.54, 1.807) is 6.07 Å². The first-order valence-corrected chi connectivity index (χ1v) is 6.50. The van der Waals surface area contributed by atoms with Crippen LogP contribution in [-0.2, 0) is 0 Å². The predicted octanol–water partition coefficient (Wildman–Crippen LogP) is 0.955. The van der Waals surface area contributed by atoms with Crippen molar-refractivity contribution in [3.05, 3.63) is 29.6 Å². The van der Waals surface area contributed by atoms with Crippen molar-refractivity contribution in [3.63, 3.8) is 0 Å². The summed E-state index contributed by atoms with van der Waals surface area (Å²) in [5, 5.41) is 6.40. The lowest BCUT2D eigenvalue weighted by Crippen LogP contribution is -3.05. The molecule has 0 saturated carbocycles. The third-order valence-electron chi connectivity index (χ3n) is 2.51. The quantitative estimate of drug-likeness (QED) is 0.550. The maximum Gasteiger partial charge on any atom is 0.170 e. The Morgan fingerprint density at radius 1 is 1.39 bits per heavy atom. The van der Waals surface area contributed by atoms with E-state index >= 15 is 0 Å². The SMILES string of the molecule is Cc1ccc(NC(=S)NCCC[NH+](C)C)c(F)c1. The summed E-state index contributed by atoms with van der Waals surface area (Å²) in [5.74, 6) is -0.281. The Balaban J connectivity index is 2.35. The monoisotopic (exact) mass is 270 g/mol. The van der Waals surface area contributed by atoms with Gasteiger partial charge in [0.15, 0.2) is 5.11 Å². The van der Waals surface area contributed by atoms with E-state index in [1.165, 1.54) is 11.0 Å². The molecule has 3 nitrogen and oxygen atoms in total. The molecule has 0 amide bonds. The zero-order chi connectivity index (χ0) is 13.5. The minimum atomic E-state index is -0.281. The van der Waals surface area contributed by atoms with E-state index in [-0.39, 0.29) is 5.82 Å². The number of halogens is 1. The van der Waals surface area contributed by atoms with Gasteiger partial charge in [-0.05, 0) is 36.8 Å². The molecule has 0 aliphatic heterocycles. The lowest BCUT2D eigenvalue weighted by atomic mass is 10.2. The van der Waals surface area contributed by atoms with Crippen LogP contribution in [0.5, 0.6) is 0 Å². The molecule has 0 radical (unpaired) electrons. The molecule has 0 aliphatic rings. The molecule has 0 saturated heterocycles. The molecule has 0 heterocycles. The van der Waals surface area contributed by atoms with Crippen molar-refractivity contribution in [1.29, 1.82) is 0 Å². The normalized spacial score (nSPS) is 10.5. The standard InChI is InChI=1S/C13H20FN3S/c1-10-5-6-12(11(14)9-10)16-13(18)15-7-4-8-17(2)3/h5-6,9H,4,7-8H2,1-3H3,(H2,15,16,18)/p+1. The van der Waals surface area contributed by atoms with Crippen LogP contribution in [0.3, 0.4) is 0 Å². The number of quaternary nitrogens is 1. The molecule has 0 fully saturated rings. The Hall–Kier alpha value is -1.20. The fraction of sp³-hybridized carbons (Fsp3) is 0.462. The highest BCUT2D eigenvalue weighted by Gasteiger charge is 2.04. The maximum atomic E-state index is 13.6. The van der Waals surface area contributed by atoms with E-state index in [1.807, 2.05) is 13.0 Å². The minimum absolute atomic E-state index is 0.281. The molecule has 0 bridgehead atoms. The van der Waals surface area contributed by atoms with Gasteiger partial charge in [-0.15, -0.1) is 0 Å². The Kier molecular flexibility index (Phi) is 6.01. The summed E-state index contributed by atoms with van der Waals surface area (Å²) in [6.07, 6.45) is 1.03. The van der Waals surface area contributed by atoms with Crippen molar-refractivity contribution < 1.29 is 9.29 Å². The number of hydrogen-bond donors (Lipinski definition) is 3. The number of hydrogen-bond acceptors (Lipinski definition) is 1. The molecular weight excluding hydrogens is 249 g/mol. The van der Waals surface area contributed by atoms with Crippen molar-refractivity contribution in [2.45, 2.75) is 13.3 Å². The number of aryl methyl sites for hydroxylation is 1. The van der Waals surface area contributed by atoms with Crippen LogP contribution >= 0.6 is 12.2 Å². The second-order valence-corrected chi connectivity index (χ2v) is 5.08. The van der Waals surface area contributed by atoms with Crippen molar-refractivity contribution in [2.75, 3.05) is 32.5 Å². The van der Waals surface area contributed by atoms with Crippen LogP contribution in [-0.4, -0.2) is 32.3 Å². The van der Waals surface area contributed by atoms with Crippen molar-refractivity contribution in [1.82, 2.24) is 5.32 Å². The molecule has 18 heavy (non-hydrogen) atoms. The fourth-order valence-electron chi connectivity index (χ4n) is 1.53. The predicted molar refractivity (Wildman–Crippen MR) is 77.7 cm³/mol. The number of thiocarbonyl (C=S) groups is 1. The summed E-state index contributed by atoms with van der Waals surface area (Å²) in [4.78, 5) is 1.40. The van der Waals surface area contributed by atoms with Crippen molar-refractivity contribution in [3.8, 4) is 0 Å². The maximum absolute atomic E-state index is 13.6. The van der Waals surface area contributed by atoms with Gasteiger partial charge in [-0.1, -0.05) is 6.07 Å². The second kappa shape index (κ2) is 7.28. The molecule has 1 aromatic carbocycles. The van der Waals surface area contributed by atoms with Crippen LogP contribution in [0.25, 0.3) is 0 Å². The molecule has 1 aromatic rings. The first kappa shape index (κ1) is 14.9. The average Bonchev–Trinajstić information content (AvgIpc) is 2.28. The molecule has 0 aliphatic carbocycles. The molecule has 0 spiro atoms. The Morgan fingerprint density at radius 3 is 2.72 bits per heavy atom. The van der Waals surface area contributed by atoms with Gasteiger partial charge in [0.1, 0.15) is 5.82 Å². The molecular formula is C13H21FN3S+. The third kappa shape index (κ3) is 5.42. The van der Waals surface area contributed by atoms with Crippen LogP contribution < -0.4 is 15.5 Å². The van der Waals surface area contributed by atoms with E-state index in [4.69, 9.17) is 12.2 Å². The van der Waals surface area contributed by atoms with Crippen molar-refractivity contribution >= 4 is 23.0 Å². The van der Waals surface area contributed by atoms with Crippen LogP contribution in [0.1, 0.15) is 12.0 Å². The summed E-state index contributed by atoms with van der Waals surface area (Å²) >= 11 is 5.11. The zero-order valence-electron chi connectivity index (χ0n) is 11.1. The number of benzene rings is 1. The summed E-state index contributed by atoms with van der Waals surface area (Å²) in [5.41, 5.74) is 1.31. The van der Waals surface area contributed by atoms with Gasteiger partial charge in [0.05, 0.1) is 26.3 Å². The Bertz CT molecular complexity index is 407. The summed E-state index contributed by atoms with van der Waals surface area (Å²) in [7, 11) is 4.22. The highest BCUT2D eigenvalue weighted by atomic mass is 32.1. The van der Waals surface area contributed by atoms with Crippen molar-refractivity contribution in [2.24, 2.45) is 0 Å². The largest absolute Gasteiger partial charge is 0.362 e. The number of anilines is 1. The minimum Gasteiger partial charge on any atom is -0.362 e. The molecule has 0 aromatic heterocycles. The molecule has 0 unspecified atom stereocenters. The van der Waals surface area contributed by atoms with Gasteiger partial charge in [-0.2, -0.15) is 0 Å². The summed E-state index contributed by atoms with van der Waals surface area (Å²) < 4.78 is 13.6. The third-order valence-corrected chi connectivity index (χ3v) is 2.76. The summed E-state index contributed by atoms with van der Waals surface area (Å²) in [6, 6.07) is 5.03. The summed E-state index contributed by atoms with van der Waals surface area (Å²) in [6.45, 7) is 3.73. The fourth-order valence-corrected chi connectivity index (χ4v) is 1.74. The lowest BCUT2D eigenvalue weighted by molar-refractivity contribution is -0.858. The first-order chi connectivity index (χ1) is 8.49. The second-order valence-electron chi connectivity index (χ2n) is 4.67. The average molecular weight is 270 g/mol. The highest BCUT2D eigenvalue weighted by molar-refractivity contribution is 7.80. The van der Waals surface area contributed by atoms with E-state index in [2.05, 4.69) is 24.7 Å². The molecule has 0 atom stereocenters. The van der Waals surface area contributed by atoms with Gasteiger partial charge < -0.3 is 15.5 Å². The Morgan fingerprint density at radius 2 is 2.11 bits per heavy atom. The van der Waals surface area contributed by atoms with Crippen LogP contribution in [0.4, 0.5) is 10.1 Å². The zero-order valence-corrected chi connectivity index (χ0v) is 12.0. The van der Waals surface area contributed by atoms with Gasteiger partial charge in [0, 0.05) is 13.0 Å². The van der Waals surface area contributed by atoms with Gasteiger partial charge in [-0.25, -0.2) is 4.39 Å². The highest BCUT2D eigenvalue weighted by Crippen LogP contribution is 2.14. The molecule has 100 valence electrons. The van der Waals surface area contributed by atoms with Gasteiger partial charge in [0.2, 0.25) is 0 Å². The van der Waals surface area contributed by atoms with Gasteiger partial charge in [-0.3, -0.25) is 0 Å². The Labute approximate surface area is 113 Å². The topological polar surface area (TPSA) is 28.5 Å². The smallest absolute Gasteiger partial charge is 0.170 e. The van der Waals surface area contributed by atoms with Gasteiger partial charge in [0.25, 0.3) is 0 Å². The lowest BCUT2D eigenvalue weighted by Gasteiger charge is -2.12. The van der Waals surface area contributed by atoms with Crippen LogP contribution in [0.15, 0.2) is 18.2 Å². The van der Waals surface area contributed by atoms with E-state index < -0.39 is 0 Å². The van der Waals surface area contributed by atoms with E-state index in [0.717, 1.165) is 25.1 Å². The molecule has 1 rings (SSSR count). The number of nitrogens with one attached hydrogen (secondary N) is 3. The van der Waals surface area contributed by atoms with Crippen LogP contribution in [0.2, 0.25) is 0 Å².